The van der Waals surface area contributed by atoms with E-state index in [4.69, 9.17) is 0 Å². The molecular formula is C15H18BrN3OS. The van der Waals surface area contributed by atoms with Gasteiger partial charge in [-0.25, -0.2) is 4.98 Å². The number of carbonyl (C=O) groups excluding carboxylic acids is 1. The number of ketones is 1. The zero-order valence-electron chi connectivity index (χ0n) is 12.1. The highest BCUT2D eigenvalue weighted by Crippen LogP contribution is 2.18. The topological polar surface area (TPSA) is 58.6 Å². The number of nitrogens with one attached hydrogen (secondary N) is 1. The summed E-state index contributed by atoms with van der Waals surface area (Å²) in [6.07, 6.45) is 1.38. The summed E-state index contributed by atoms with van der Waals surface area (Å²) in [5, 5.41) is 7.85. The van der Waals surface area contributed by atoms with Gasteiger partial charge in [-0.3, -0.25) is 9.89 Å². The second-order valence-corrected chi connectivity index (χ2v) is 7.02. The number of hydrogen-bond acceptors (Lipinski definition) is 4. The first-order chi connectivity index (χ1) is 10.1. The molecule has 0 saturated heterocycles. The van der Waals surface area contributed by atoms with E-state index in [1.165, 1.54) is 0 Å². The molecule has 0 spiro atoms. The van der Waals surface area contributed by atoms with Crippen LogP contribution in [0.1, 0.15) is 48.8 Å². The molecule has 0 saturated carbocycles. The van der Waals surface area contributed by atoms with Gasteiger partial charge in [0, 0.05) is 28.1 Å². The van der Waals surface area contributed by atoms with Crippen molar-refractivity contribution in [2.75, 3.05) is 5.75 Å². The van der Waals surface area contributed by atoms with E-state index >= 15 is 0 Å². The second kappa shape index (κ2) is 7.75. The molecule has 0 aliphatic carbocycles. The summed E-state index contributed by atoms with van der Waals surface area (Å²) in [5.74, 6) is 2.28. The Balaban J connectivity index is 1.74. The van der Waals surface area contributed by atoms with Crippen molar-refractivity contribution in [3.05, 3.63) is 40.1 Å². The van der Waals surface area contributed by atoms with Crippen LogP contribution in [-0.2, 0) is 0 Å². The molecule has 0 bridgehead atoms. The summed E-state index contributed by atoms with van der Waals surface area (Å²) in [5.41, 5.74) is 0.767. The Labute approximate surface area is 137 Å². The largest absolute Gasteiger partial charge is 0.294 e. The van der Waals surface area contributed by atoms with Crippen molar-refractivity contribution in [1.29, 1.82) is 0 Å². The van der Waals surface area contributed by atoms with Crippen LogP contribution in [0.25, 0.3) is 0 Å². The maximum atomic E-state index is 12.0. The number of Topliss-reactive ketones (excluding diaryl/α,β-unsaturated/α-hetero) is 1. The van der Waals surface area contributed by atoms with Crippen molar-refractivity contribution in [3.63, 3.8) is 0 Å². The number of halogens is 1. The van der Waals surface area contributed by atoms with Crippen LogP contribution in [0.3, 0.4) is 0 Å². The average Bonchev–Trinajstić information content (AvgIpc) is 2.93. The van der Waals surface area contributed by atoms with Crippen LogP contribution < -0.4 is 0 Å². The molecule has 2 aromatic rings. The number of rotatable bonds is 7. The van der Waals surface area contributed by atoms with Crippen LogP contribution in [0.4, 0.5) is 0 Å². The molecule has 4 nitrogen and oxygen atoms in total. The van der Waals surface area contributed by atoms with Crippen molar-refractivity contribution in [2.24, 2.45) is 0 Å². The molecule has 0 amide bonds. The zero-order valence-corrected chi connectivity index (χ0v) is 14.5. The third kappa shape index (κ3) is 4.97. The van der Waals surface area contributed by atoms with E-state index in [-0.39, 0.29) is 5.78 Å². The summed E-state index contributed by atoms with van der Waals surface area (Å²) in [4.78, 5) is 16.4. The maximum Gasteiger partial charge on any atom is 0.208 e. The highest BCUT2D eigenvalue weighted by molar-refractivity contribution is 9.10. The predicted octanol–water partition coefficient (Wildman–Crippen LogP) is 4.45. The first-order valence-electron chi connectivity index (χ1n) is 6.90. The Morgan fingerprint density at radius 3 is 2.67 bits per heavy atom. The van der Waals surface area contributed by atoms with Gasteiger partial charge in [0.05, 0.1) is 0 Å². The third-order valence-electron chi connectivity index (χ3n) is 2.97. The van der Waals surface area contributed by atoms with Crippen LogP contribution >= 0.6 is 27.7 Å². The Bertz CT molecular complexity index is 595. The first-order valence-corrected chi connectivity index (χ1v) is 8.68. The minimum Gasteiger partial charge on any atom is -0.294 e. The van der Waals surface area contributed by atoms with E-state index in [9.17, 15) is 4.79 Å². The lowest BCUT2D eigenvalue weighted by Crippen LogP contribution is -1.99. The molecule has 1 aromatic carbocycles. The fraction of sp³-hybridized carbons (Fsp3) is 0.400. The summed E-state index contributed by atoms with van der Waals surface area (Å²) in [6.45, 7) is 4.15. The molecule has 0 radical (unpaired) electrons. The van der Waals surface area contributed by atoms with Gasteiger partial charge < -0.3 is 0 Å². The van der Waals surface area contributed by atoms with E-state index in [2.05, 4.69) is 45.0 Å². The van der Waals surface area contributed by atoms with Crippen molar-refractivity contribution in [1.82, 2.24) is 15.2 Å². The van der Waals surface area contributed by atoms with E-state index < -0.39 is 0 Å². The van der Waals surface area contributed by atoms with E-state index in [0.29, 0.717) is 12.3 Å². The molecule has 1 N–H and O–H groups in total. The summed E-state index contributed by atoms with van der Waals surface area (Å²) < 4.78 is 0.986. The Kier molecular flexibility index (Phi) is 5.99. The molecule has 0 fully saturated rings. The van der Waals surface area contributed by atoms with Crippen LogP contribution in [0, 0.1) is 0 Å². The second-order valence-electron chi connectivity index (χ2n) is 5.04. The number of nitrogens with zero attached hydrogens (tertiary/aromatic N) is 2. The quantitative estimate of drug-likeness (QED) is 0.446. The summed E-state index contributed by atoms with van der Waals surface area (Å²) in [7, 11) is 0. The fourth-order valence-electron chi connectivity index (χ4n) is 1.76. The monoisotopic (exact) mass is 367 g/mol. The van der Waals surface area contributed by atoms with Gasteiger partial charge in [-0.05, 0) is 18.6 Å². The summed E-state index contributed by atoms with van der Waals surface area (Å²) in [6, 6.07) is 7.49. The summed E-state index contributed by atoms with van der Waals surface area (Å²) >= 11 is 4.95. The number of aromatic nitrogens is 3. The molecule has 21 heavy (non-hydrogen) atoms. The minimum absolute atomic E-state index is 0.181. The van der Waals surface area contributed by atoms with Crippen molar-refractivity contribution in [2.45, 2.75) is 37.8 Å². The molecule has 6 heteroatoms. The Hall–Kier alpha value is -1.14. The SMILES string of the molecule is CC(C)c1nc(SCCCC(=O)c2ccc(Br)cc2)n[nH]1. The van der Waals surface area contributed by atoms with Crippen molar-refractivity contribution >= 4 is 33.5 Å². The van der Waals surface area contributed by atoms with Crippen molar-refractivity contribution in [3.8, 4) is 0 Å². The number of thioether (sulfide) groups is 1. The molecule has 2 rings (SSSR count). The lowest BCUT2D eigenvalue weighted by molar-refractivity contribution is 0.0982. The molecule has 0 unspecified atom stereocenters. The standard InChI is InChI=1S/C15H18BrN3OS/c1-10(2)14-17-15(19-18-14)21-9-3-4-13(20)11-5-7-12(16)8-6-11/h5-8,10H,3-4,9H2,1-2H3,(H,17,18,19). The lowest BCUT2D eigenvalue weighted by Gasteiger charge is -2.01. The van der Waals surface area contributed by atoms with Gasteiger partial charge in [0.1, 0.15) is 5.82 Å². The van der Waals surface area contributed by atoms with Crippen LogP contribution in [0.2, 0.25) is 0 Å². The van der Waals surface area contributed by atoms with Gasteiger partial charge in [0.15, 0.2) is 5.78 Å². The number of H-pyrrole nitrogens is 1. The van der Waals surface area contributed by atoms with Crippen molar-refractivity contribution < 1.29 is 4.79 Å². The van der Waals surface area contributed by atoms with Crippen LogP contribution in [-0.4, -0.2) is 26.7 Å². The van der Waals surface area contributed by atoms with Gasteiger partial charge in [-0.2, -0.15) is 0 Å². The molecule has 0 aliphatic rings. The molecular weight excluding hydrogens is 350 g/mol. The van der Waals surface area contributed by atoms with Gasteiger partial charge in [0.2, 0.25) is 5.16 Å². The average molecular weight is 368 g/mol. The van der Waals surface area contributed by atoms with Gasteiger partial charge >= 0.3 is 0 Å². The van der Waals surface area contributed by atoms with E-state index in [0.717, 1.165) is 33.2 Å². The number of hydrogen-bond donors (Lipinski definition) is 1. The van der Waals surface area contributed by atoms with Crippen LogP contribution in [0.15, 0.2) is 33.9 Å². The first kappa shape index (κ1) is 16.2. The maximum absolute atomic E-state index is 12.0. The van der Waals surface area contributed by atoms with Crippen LogP contribution in [0.5, 0.6) is 0 Å². The predicted molar refractivity (Wildman–Crippen MR) is 88.9 cm³/mol. The van der Waals surface area contributed by atoms with Gasteiger partial charge in [-0.1, -0.05) is 53.7 Å². The highest BCUT2D eigenvalue weighted by atomic mass is 79.9. The van der Waals surface area contributed by atoms with E-state index in [1.54, 1.807) is 11.8 Å². The third-order valence-corrected chi connectivity index (χ3v) is 4.44. The van der Waals surface area contributed by atoms with Gasteiger partial charge in [-0.15, -0.1) is 5.10 Å². The molecule has 1 aromatic heterocycles. The molecule has 112 valence electrons. The lowest BCUT2D eigenvalue weighted by atomic mass is 10.1. The number of aromatic amines is 1. The Morgan fingerprint density at radius 2 is 2.05 bits per heavy atom. The normalized spacial score (nSPS) is 11.0. The molecule has 1 heterocycles. The smallest absolute Gasteiger partial charge is 0.208 e. The molecule has 0 aliphatic heterocycles. The highest BCUT2D eigenvalue weighted by Gasteiger charge is 2.08. The number of benzene rings is 1. The molecule has 0 atom stereocenters. The van der Waals surface area contributed by atoms with Gasteiger partial charge in [0.25, 0.3) is 0 Å². The minimum atomic E-state index is 0.181. The fourth-order valence-corrected chi connectivity index (χ4v) is 2.77. The number of carbonyl (C=O) groups is 1. The Morgan fingerprint density at radius 1 is 1.33 bits per heavy atom. The zero-order chi connectivity index (χ0) is 15.2. The van der Waals surface area contributed by atoms with E-state index in [1.807, 2.05) is 24.3 Å².